The molecule has 0 fully saturated rings. The topological polar surface area (TPSA) is 67.2 Å². The Balaban J connectivity index is 1.95. The maximum Gasteiger partial charge on any atom is 0.224 e. The monoisotopic (exact) mass is 259 g/mol. The normalized spacial score (nSPS) is 13.9. The minimum atomic E-state index is 0.0637. The van der Waals surface area contributed by atoms with Gasteiger partial charge in [0, 0.05) is 23.2 Å². The van der Waals surface area contributed by atoms with E-state index in [0.717, 1.165) is 29.0 Å². The van der Waals surface area contributed by atoms with Crippen molar-refractivity contribution in [1.82, 2.24) is 0 Å². The van der Waals surface area contributed by atoms with Crippen molar-refractivity contribution in [2.75, 3.05) is 16.4 Å². The van der Waals surface area contributed by atoms with Crippen LogP contribution in [0, 0.1) is 0 Å². The van der Waals surface area contributed by atoms with Gasteiger partial charge in [-0.15, -0.1) is 0 Å². The van der Waals surface area contributed by atoms with Crippen LogP contribution < -0.4 is 16.4 Å². The van der Waals surface area contributed by atoms with E-state index in [4.69, 9.17) is 5.73 Å². The molecule has 3 rings (SSSR count). The minimum absolute atomic E-state index is 0.0637. The van der Waals surface area contributed by atoms with Crippen LogP contribution in [0.15, 0.2) is 29.0 Å². The summed E-state index contributed by atoms with van der Waals surface area (Å²) in [5.74, 6) is 0.0637. The quantitative estimate of drug-likeness (QED) is 0.726. The highest BCUT2D eigenvalue weighted by Gasteiger charge is 2.16. The Hall–Kier alpha value is -2.01. The fourth-order valence-electron chi connectivity index (χ4n) is 2.05. The van der Waals surface area contributed by atoms with Crippen LogP contribution >= 0.6 is 11.3 Å². The van der Waals surface area contributed by atoms with Gasteiger partial charge in [-0.2, -0.15) is 11.3 Å². The fraction of sp³-hybridized carbons (Fsp3) is 0.154. The van der Waals surface area contributed by atoms with Crippen molar-refractivity contribution in [3.63, 3.8) is 0 Å². The van der Waals surface area contributed by atoms with Gasteiger partial charge < -0.3 is 16.4 Å². The van der Waals surface area contributed by atoms with Crippen LogP contribution in [0.4, 0.5) is 22.7 Å². The number of nitrogens with one attached hydrogen (secondary N) is 2. The summed E-state index contributed by atoms with van der Waals surface area (Å²) in [7, 11) is 0. The number of fused-ring (bicyclic) bond motifs is 1. The lowest BCUT2D eigenvalue weighted by Gasteiger charge is -2.19. The van der Waals surface area contributed by atoms with Gasteiger partial charge in [0.2, 0.25) is 5.91 Å². The number of anilines is 4. The molecule has 4 nitrogen and oxygen atoms in total. The molecule has 18 heavy (non-hydrogen) atoms. The van der Waals surface area contributed by atoms with Crippen LogP contribution in [-0.2, 0) is 11.2 Å². The molecule has 5 heteroatoms. The predicted molar refractivity (Wildman–Crippen MR) is 75.4 cm³/mol. The van der Waals surface area contributed by atoms with Crippen LogP contribution in [0.3, 0.4) is 0 Å². The molecule has 2 heterocycles. The lowest BCUT2D eigenvalue weighted by Crippen LogP contribution is -2.19. The van der Waals surface area contributed by atoms with Gasteiger partial charge in [0.05, 0.1) is 11.4 Å². The van der Waals surface area contributed by atoms with Crippen molar-refractivity contribution in [3.05, 3.63) is 34.5 Å². The minimum Gasteiger partial charge on any atom is -0.397 e. The molecule has 0 saturated heterocycles. The summed E-state index contributed by atoms with van der Waals surface area (Å²) < 4.78 is 0. The molecular formula is C13H13N3OS. The lowest BCUT2D eigenvalue weighted by molar-refractivity contribution is -0.116. The van der Waals surface area contributed by atoms with Gasteiger partial charge in [0.15, 0.2) is 0 Å². The first kappa shape index (κ1) is 11.1. The molecule has 1 amide bonds. The number of benzene rings is 1. The number of rotatable bonds is 2. The first-order chi connectivity index (χ1) is 8.72. The van der Waals surface area contributed by atoms with Crippen LogP contribution in [0.25, 0.3) is 0 Å². The predicted octanol–water partition coefficient (Wildman–Crippen LogP) is 2.96. The van der Waals surface area contributed by atoms with Crippen molar-refractivity contribution in [3.8, 4) is 0 Å². The Morgan fingerprint density at radius 2 is 2.22 bits per heavy atom. The molecule has 0 spiro atoms. The van der Waals surface area contributed by atoms with Crippen molar-refractivity contribution in [2.24, 2.45) is 0 Å². The summed E-state index contributed by atoms with van der Waals surface area (Å²) in [5, 5.41) is 10.1. The highest BCUT2D eigenvalue weighted by molar-refractivity contribution is 7.08. The van der Waals surface area contributed by atoms with Crippen molar-refractivity contribution in [1.29, 1.82) is 0 Å². The van der Waals surface area contributed by atoms with Crippen molar-refractivity contribution in [2.45, 2.75) is 12.8 Å². The van der Waals surface area contributed by atoms with Gasteiger partial charge >= 0.3 is 0 Å². The maximum absolute atomic E-state index is 11.4. The number of amides is 1. The molecule has 2 aromatic rings. The van der Waals surface area contributed by atoms with Gasteiger partial charge in [0.25, 0.3) is 0 Å². The zero-order valence-corrected chi connectivity index (χ0v) is 10.5. The van der Waals surface area contributed by atoms with E-state index in [-0.39, 0.29) is 5.91 Å². The zero-order valence-electron chi connectivity index (χ0n) is 9.69. The smallest absolute Gasteiger partial charge is 0.224 e. The number of thiophene rings is 1. The van der Waals surface area contributed by atoms with Gasteiger partial charge in [-0.25, -0.2) is 0 Å². The number of hydrogen-bond donors (Lipinski definition) is 3. The number of nitrogens with two attached hydrogens (primary N) is 1. The SMILES string of the molecule is Nc1cc2c(cc1Nc1ccsc1)NC(=O)CC2. The van der Waals surface area contributed by atoms with E-state index in [1.165, 1.54) is 0 Å². The Bertz CT molecular complexity index is 593. The summed E-state index contributed by atoms with van der Waals surface area (Å²) in [6.07, 6.45) is 1.29. The number of aryl methyl sites for hydroxylation is 1. The molecule has 0 bridgehead atoms. The van der Waals surface area contributed by atoms with Gasteiger partial charge in [-0.3, -0.25) is 4.79 Å². The van der Waals surface area contributed by atoms with E-state index >= 15 is 0 Å². The Morgan fingerprint density at radius 1 is 1.33 bits per heavy atom. The van der Waals surface area contributed by atoms with Crippen molar-refractivity contribution >= 4 is 40.0 Å². The molecule has 1 aromatic carbocycles. The second-order valence-corrected chi connectivity index (χ2v) is 5.06. The molecule has 0 unspecified atom stereocenters. The van der Waals surface area contributed by atoms with E-state index in [2.05, 4.69) is 10.6 Å². The van der Waals surface area contributed by atoms with Crippen molar-refractivity contribution < 1.29 is 4.79 Å². The Kier molecular flexibility index (Phi) is 2.68. The number of nitrogen functional groups attached to an aromatic ring is 1. The average molecular weight is 259 g/mol. The second-order valence-electron chi connectivity index (χ2n) is 4.28. The van der Waals surface area contributed by atoms with Gasteiger partial charge in [0.1, 0.15) is 0 Å². The van der Waals surface area contributed by atoms with Crippen LogP contribution in [0.1, 0.15) is 12.0 Å². The molecule has 0 radical (unpaired) electrons. The standard InChI is InChI=1S/C13H13N3OS/c14-10-5-8-1-2-13(17)16-11(8)6-12(10)15-9-3-4-18-7-9/h3-7,15H,1-2,14H2,(H,16,17). The third-order valence-electron chi connectivity index (χ3n) is 2.97. The molecule has 0 aliphatic carbocycles. The van der Waals surface area contributed by atoms with Gasteiger partial charge in [-0.1, -0.05) is 0 Å². The number of carbonyl (C=O) groups excluding carboxylic acids is 1. The average Bonchev–Trinajstić information content (AvgIpc) is 2.83. The van der Waals surface area contributed by atoms with Gasteiger partial charge in [-0.05, 0) is 35.6 Å². The third-order valence-corrected chi connectivity index (χ3v) is 3.65. The van der Waals surface area contributed by atoms with Crippen LogP contribution in [0.2, 0.25) is 0 Å². The summed E-state index contributed by atoms with van der Waals surface area (Å²) in [6.45, 7) is 0. The van der Waals surface area contributed by atoms with E-state index in [9.17, 15) is 4.79 Å². The van der Waals surface area contributed by atoms with E-state index in [0.29, 0.717) is 12.1 Å². The maximum atomic E-state index is 11.4. The van der Waals surface area contributed by atoms with E-state index < -0.39 is 0 Å². The number of carbonyl (C=O) groups is 1. The summed E-state index contributed by atoms with van der Waals surface area (Å²) in [6, 6.07) is 5.82. The summed E-state index contributed by atoms with van der Waals surface area (Å²) in [4.78, 5) is 11.4. The highest BCUT2D eigenvalue weighted by Crippen LogP contribution is 2.33. The zero-order chi connectivity index (χ0) is 12.5. The largest absolute Gasteiger partial charge is 0.397 e. The fourth-order valence-corrected chi connectivity index (χ4v) is 2.63. The lowest BCUT2D eigenvalue weighted by atomic mass is 10.0. The van der Waals surface area contributed by atoms with Crippen LogP contribution in [-0.4, -0.2) is 5.91 Å². The third kappa shape index (κ3) is 2.04. The molecule has 92 valence electrons. The molecule has 0 saturated carbocycles. The Labute approximate surface area is 109 Å². The van der Waals surface area contributed by atoms with Crippen LogP contribution in [0.5, 0.6) is 0 Å². The first-order valence-electron chi connectivity index (χ1n) is 5.74. The number of hydrogen-bond acceptors (Lipinski definition) is 4. The van der Waals surface area contributed by atoms with E-state index in [1.807, 2.05) is 29.0 Å². The van der Waals surface area contributed by atoms with E-state index in [1.54, 1.807) is 11.3 Å². The second kappa shape index (κ2) is 4.34. The Morgan fingerprint density at radius 3 is 3.00 bits per heavy atom. The first-order valence-corrected chi connectivity index (χ1v) is 6.68. The summed E-state index contributed by atoms with van der Waals surface area (Å²) >= 11 is 1.62. The molecule has 0 atom stereocenters. The summed E-state index contributed by atoms with van der Waals surface area (Å²) in [5.41, 5.74) is 10.5. The molecule has 1 aliphatic rings. The highest BCUT2D eigenvalue weighted by atomic mass is 32.1. The molecule has 1 aliphatic heterocycles. The molecule has 1 aromatic heterocycles. The molecule has 4 N–H and O–H groups in total. The molecular weight excluding hydrogens is 246 g/mol.